The summed E-state index contributed by atoms with van der Waals surface area (Å²) in [5, 5.41) is 0. The van der Waals surface area contributed by atoms with Gasteiger partial charge >= 0.3 is 0 Å². The second kappa shape index (κ2) is 6.75. The normalized spacial score (nSPS) is 18.6. The first-order valence-corrected chi connectivity index (χ1v) is 7.28. The number of carbonyl (C=O) groups excluding carboxylic acids is 1. The summed E-state index contributed by atoms with van der Waals surface area (Å²) in [6.45, 7) is 4.00. The molecular weight excluding hydrogens is 252 g/mol. The van der Waals surface area contributed by atoms with Crippen LogP contribution in [0.2, 0.25) is 0 Å². The fourth-order valence-corrected chi connectivity index (χ4v) is 2.73. The molecule has 1 fully saturated rings. The number of carbonyl (C=O) groups is 1. The van der Waals surface area contributed by atoms with Gasteiger partial charge in [0.1, 0.15) is 5.75 Å². The van der Waals surface area contributed by atoms with Crippen molar-refractivity contribution in [1.29, 1.82) is 0 Å². The van der Waals surface area contributed by atoms with Gasteiger partial charge < -0.3 is 14.5 Å². The quantitative estimate of drug-likeness (QED) is 0.827. The molecule has 0 N–H and O–H groups in total. The van der Waals surface area contributed by atoms with Gasteiger partial charge in [-0.15, -0.1) is 0 Å². The predicted octanol–water partition coefficient (Wildman–Crippen LogP) is 2.31. The maximum atomic E-state index is 12.3. The van der Waals surface area contributed by atoms with Gasteiger partial charge in [0, 0.05) is 6.54 Å². The Hall–Kier alpha value is -1.55. The third kappa shape index (κ3) is 3.51. The molecule has 4 heteroatoms. The van der Waals surface area contributed by atoms with Crippen molar-refractivity contribution >= 4 is 5.91 Å². The Morgan fingerprint density at radius 2 is 2.05 bits per heavy atom. The van der Waals surface area contributed by atoms with Gasteiger partial charge in [-0.3, -0.25) is 4.79 Å². The lowest BCUT2D eigenvalue weighted by Gasteiger charge is -2.26. The fourth-order valence-electron chi connectivity index (χ4n) is 2.73. The highest BCUT2D eigenvalue weighted by Crippen LogP contribution is 2.32. The molecule has 20 heavy (non-hydrogen) atoms. The number of likely N-dealkylation sites (N-methyl/N-ethyl adjacent to an activating group) is 1. The highest BCUT2D eigenvalue weighted by molar-refractivity contribution is 5.79. The first-order valence-electron chi connectivity index (χ1n) is 7.28. The van der Waals surface area contributed by atoms with E-state index in [4.69, 9.17) is 4.74 Å². The molecule has 4 nitrogen and oxygen atoms in total. The number of hydrogen-bond donors (Lipinski definition) is 0. The highest BCUT2D eigenvalue weighted by atomic mass is 16.5. The number of likely N-dealkylation sites (tertiary alicyclic amines) is 1. The van der Waals surface area contributed by atoms with Crippen LogP contribution in [-0.2, 0) is 4.79 Å². The Morgan fingerprint density at radius 1 is 1.35 bits per heavy atom. The van der Waals surface area contributed by atoms with Crippen molar-refractivity contribution in [1.82, 2.24) is 9.80 Å². The van der Waals surface area contributed by atoms with E-state index in [-0.39, 0.29) is 11.9 Å². The van der Waals surface area contributed by atoms with Gasteiger partial charge in [0.15, 0.2) is 0 Å². The van der Waals surface area contributed by atoms with Gasteiger partial charge in [-0.05, 0) is 51.6 Å². The molecule has 1 heterocycles. The molecule has 0 spiro atoms. The second-order valence-electron chi connectivity index (χ2n) is 5.48. The maximum Gasteiger partial charge on any atom is 0.237 e. The summed E-state index contributed by atoms with van der Waals surface area (Å²) in [6.07, 6.45) is 2.13. The van der Waals surface area contributed by atoms with Gasteiger partial charge in [-0.1, -0.05) is 12.1 Å². The molecule has 1 saturated heterocycles. The van der Waals surface area contributed by atoms with E-state index < -0.39 is 0 Å². The predicted molar refractivity (Wildman–Crippen MR) is 79.9 cm³/mol. The average molecular weight is 276 g/mol. The van der Waals surface area contributed by atoms with Crippen molar-refractivity contribution in [2.45, 2.75) is 25.8 Å². The number of rotatable bonds is 5. The Balaban J connectivity index is 2.08. The lowest BCUT2D eigenvalue weighted by Crippen LogP contribution is -2.37. The summed E-state index contributed by atoms with van der Waals surface area (Å²) in [5.41, 5.74) is 1.21. The van der Waals surface area contributed by atoms with Crippen LogP contribution in [0.4, 0.5) is 0 Å². The van der Waals surface area contributed by atoms with E-state index in [1.165, 1.54) is 5.56 Å². The van der Waals surface area contributed by atoms with E-state index in [0.29, 0.717) is 13.2 Å². The molecule has 0 aliphatic carbocycles. The molecule has 1 aliphatic rings. The summed E-state index contributed by atoms with van der Waals surface area (Å²) in [7, 11) is 3.86. The first-order chi connectivity index (χ1) is 9.61. The molecular formula is C16H24N2O2. The Labute approximate surface area is 121 Å². The zero-order valence-corrected chi connectivity index (χ0v) is 12.6. The zero-order chi connectivity index (χ0) is 14.5. The molecule has 110 valence electrons. The topological polar surface area (TPSA) is 32.8 Å². The van der Waals surface area contributed by atoms with Gasteiger partial charge in [-0.25, -0.2) is 0 Å². The standard InChI is InChI=1S/C16H24N2O2/c1-4-20-14-9-7-13(8-10-14)15-6-5-11-18(15)16(19)12-17(2)3/h7-10,15H,4-6,11-12H2,1-3H3. The zero-order valence-electron chi connectivity index (χ0n) is 12.6. The van der Waals surface area contributed by atoms with E-state index in [0.717, 1.165) is 25.1 Å². The summed E-state index contributed by atoms with van der Waals surface area (Å²) >= 11 is 0. The van der Waals surface area contributed by atoms with E-state index in [1.807, 2.05) is 43.0 Å². The number of nitrogens with zero attached hydrogens (tertiary/aromatic N) is 2. The van der Waals surface area contributed by atoms with Gasteiger partial charge in [0.05, 0.1) is 19.2 Å². The van der Waals surface area contributed by atoms with Crippen molar-refractivity contribution in [3.05, 3.63) is 29.8 Å². The molecule has 1 amide bonds. The van der Waals surface area contributed by atoms with E-state index in [2.05, 4.69) is 12.1 Å². The van der Waals surface area contributed by atoms with Crippen molar-refractivity contribution < 1.29 is 9.53 Å². The minimum absolute atomic E-state index is 0.214. The molecule has 1 atom stereocenters. The maximum absolute atomic E-state index is 12.3. The van der Waals surface area contributed by atoms with Crippen LogP contribution in [0, 0.1) is 0 Å². The summed E-state index contributed by atoms with van der Waals surface area (Å²) in [4.78, 5) is 16.2. The van der Waals surface area contributed by atoms with E-state index in [1.54, 1.807) is 0 Å². The minimum Gasteiger partial charge on any atom is -0.494 e. The lowest BCUT2D eigenvalue weighted by molar-refractivity contribution is -0.132. The number of hydrogen-bond acceptors (Lipinski definition) is 3. The molecule has 2 rings (SSSR count). The summed E-state index contributed by atoms with van der Waals surface area (Å²) < 4.78 is 5.46. The Bertz CT molecular complexity index is 442. The van der Waals surface area contributed by atoms with Crippen LogP contribution in [0.15, 0.2) is 24.3 Å². The largest absolute Gasteiger partial charge is 0.494 e. The van der Waals surface area contributed by atoms with Crippen LogP contribution in [0.5, 0.6) is 5.75 Å². The van der Waals surface area contributed by atoms with Gasteiger partial charge in [0.2, 0.25) is 5.91 Å². The molecule has 0 bridgehead atoms. The number of amides is 1. The minimum atomic E-state index is 0.214. The van der Waals surface area contributed by atoms with E-state index in [9.17, 15) is 4.79 Å². The second-order valence-corrected chi connectivity index (χ2v) is 5.48. The first kappa shape index (κ1) is 14.9. The van der Waals surface area contributed by atoms with Crippen molar-refractivity contribution in [2.24, 2.45) is 0 Å². The smallest absolute Gasteiger partial charge is 0.237 e. The van der Waals surface area contributed by atoms with Crippen molar-refractivity contribution in [3.63, 3.8) is 0 Å². The molecule has 0 aromatic heterocycles. The molecule has 1 aliphatic heterocycles. The van der Waals surface area contributed by atoms with Crippen LogP contribution in [0.25, 0.3) is 0 Å². The third-order valence-corrected chi connectivity index (χ3v) is 3.60. The summed E-state index contributed by atoms with van der Waals surface area (Å²) in [5.74, 6) is 1.10. The Kier molecular flexibility index (Phi) is 5.01. The van der Waals surface area contributed by atoms with Crippen LogP contribution in [0.3, 0.4) is 0 Å². The van der Waals surface area contributed by atoms with Crippen molar-refractivity contribution in [2.75, 3.05) is 33.8 Å². The van der Waals surface area contributed by atoms with Crippen LogP contribution < -0.4 is 4.74 Å². The SMILES string of the molecule is CCOc1ccc(C2CCCN2C(=O)CN(C)C)cc1. The molecule has 0 saturated carbocycles. The number of ether oxygens (including phenoxy) is 1. The molecule has 1 aromatic rings. The molecule has 1 aromatic carbocycles. The molecule has 0 radical (unpaired) electrons. The van der Waals surface area contributed by atoms with E-state index >= 15 is 0 Å². The van der Waals surface area contributed by atoms with Crippen molar-refractivity contribution in [3.8, 4) is 5.75 Å². The Morgan fingerprint density at radius 3 is 2.65 bits per heavy atom. The molecule has 1 unspecified atom stereocenters. The van der Waals surface area contributed by atoms with Crippen LogP contribution >= 0.6 is 0 Å². The summed E-state index contributed by atoms with van der Waals surface area (Å²) in [6, 6.07) is 8.36. The number of benzene rings is 1. The monoisotopic (exact) mass is 276 g/mol. The third-order valence-electron chi connectivity index (χ3n) is 3.60. The van der Waals surface area contributed by atoms with Gasteiger partial charge in [-0.2, -0.15) is 0 Å². The van der Waals surface area contributed by atoms with Crippen LogP contribution in [-0.4, -0.2) is 49.5 Å². The van der Waals surface area contributed by atoms with Crippen LogP contribution in [0.1, 0.15) is 31.4 Å². The van der Waals surface area contributed by atoms with Gasteiger partial charge in [0.25, 0.3) is 0 Å². The lowest BCUT2D eigenvalue weighted by atomic mass is 10.0. The fraction of sp³-hybridized carbons (Fsp3) is 0.562. The highest BCUT2D eigenvalue weighted by Gasteiger charge is 2.29. The average Bonchev–Trinajstić information content (AvgIpc) is 2.88.